The Morgan fingerprint density at radius 3 is 2.94 bits per heavy atom. The van der Waals surface area contributed by atoms with E-state index >= 15 is 0 Å². The largest absolute Gasteiger partial charge is 0.347 e. The molecule has 5 nitrogen and oxygen atoms in total. The Labute approximate surface area is 108 Å². The smallest absolute Gasteiger partial charge is 0.271 e. The van der Waals surface area contributed by atoms with Gasteiger partial charge in [-0.1, -0.05) is 6.92 Å². The topological polar surface area (TPSA) is 63.5 Å². The van der Waals surface area contributed by atoms with Gasteiger partial charge in [0.25, 0.3) is 11.5 Å². The summed E-state index contributed by atoms with van der Waals surface area (Å²) in [6, 6.07) is 0. The average Bonchev–Trinajstić information content (AvgIpc) is 2.77. The van der Waals surface area contributed by atoms with Crippen molar-refractivity contribution in [1.29, 1.82) is 0 Å². The van der Waals surface area contributed by atoms with E-state index in [2.05, 4.69) is 10.3 Å². The summed E-state index contributed by atoms with van der Waals surface area (Å²) in [5.74, 6) is -0.375. The predicted octanol–water partition coefficient (Wildman–Crippen LogP) is 1.67. The standard InChI is InChI=1S/C12H15N3O2S/c1-4-12(2,3)14-9(16)8-7-13-11-15(10(8)17)5-6-18-11/h5-7H,4H2,1-3H3,(H,14,16). The van der Waals surface area contributed by atoms with Crippen molar-refractivity contribution in [2.24, 2.45) is 0 Å². The third-order valence-electron chi connectivity index (χ3n) is 2.92. The molecule has 0 saturated carbocycles. The molecule has 0 aliphatic heterocycles. The second-order valence-electron chi connectivity index (χ2n) is 4.72. The third-order valence-corrected chi connectivity index (χ3v) is 3.69. The van der Waals surface area contributed by atoms with E-state index in [1.165, 1.54) is 21.9 Å². The zero-order valence-electron chi connectivity index (χ0n) is 10.6. The molecule has 18 heavy (non-hydrogen) atoms. The molecule has 1 N–H and O–H groups in total. The Bertz CT molecular complexity index is 642. The molecule has 0 aliphatic carbocycles. The minimum atomic E-state index is -0.375. The molecule has 2 heterocycles. The Morgan fingerprint density at radius 2 is 2.28 bits per heavy atom. The first-order chi connectivity index (χ1) is 8.44. The van der Waals surface area contributed by atoms with E-state index in [0.717, 1.165) is 6.42 Å². The first-order valence-electron chi connectivity index (χ1n) is 5.72. The molecule has 96 valence electrons. The van der Waals surface area contributed by atoms with E-state index in [-0.39, 0.29) is 22.6 Å². The number of carbonyl (C=O) groups excluding carboxylic acids is 1. The van der Waals surface area contributed by atoms with Crippen molar-refractivity contribution in [1.82, 2.24) is 14.7 Å². The predicted molar refractivity (Wildman–Crippen MR) is 71.2 cm³/mol. The van der Waals surface area contributed by atoms with Crippen LogP contribution in [0.15, 0.2) is 22.6 Å². The van der Waals surface area contributed by atoms with Crippen molar-refractivity contribution in [3.8, 4) is 0 Å². The van der Waals surface area contributed by atoms with Gasteiger partial charge in [-0.2, -0.15) is 0 Å². The molecule has 0 aliphatic rings. The molecule has 0 aromatic carbocycles. The summed E-state index contributed by atoms with van der Waals surface area (Å²) < 4.78 is 1.39. The van der Waals surface area contributed by atoms with E-state index in [4.69, 9.17) is 0 Å². The van der Waals surface area contributed by atoms with Crippen molar-refractivity contribution in [3.05, 3.63) is 33.7 Å². The number of aromatic nitrogens is 2. The van der Waals surface area contributed by atoms with Gasteiger partial charge in [0.05, 0.1) is 0 Å². The zero-order valence-corrected chi connectivity index (χ0v) is 11.4. The van der Waals surface area contributed by atoms with Crippen molar-refractivity contribution >= 4 is 22.2 Å². The number of thiazole rings is 1. The quantitative estimate of drug-likeness (QED) is 0.918. The first-order valence-corrected chi connectivity index (χ1v) is 6.60. The van der Waals surface area contributed by atoms with Gasteiger partial charge in [-0.15, -0.1) is 11.3 Å². The van der Waals surface area contributed by atoms with Crippen LogP contribution in [0.2, 0.25) is 0 Å². The highest BCUT2D eigenvalue weighted by atomic mass is 32.1. The summed E-state index contributed by atoms with van der Waals surface area (Å²) in [7, 11) is 0. The summed E-state index contributed by atoms with van der Waals surface area (Å²) in [6.45, 7) is 5.81. The lowest BCUT2D eigenvalue weighted by atomic mass is 10.0. The Hall–Kier alpha value is -1.69. The summed E-state index contributed by atoms with van der Waals surface area (Å²) >= 11 is 1.36. The Kier molecular flexibility index (Phi) is 3.21. The number of hydrogen-bond donors (Lipinski definition) is 1. The molecule has 2 aromatic heterocycles. The van der Waals surface area contributed by atoms with E-state index < -0.39 is 0 Å². The molecule has 1 amide bonds. The van der Waals surface area contributed by atoms with Crippen LogP contribution in [0, 0.1) is 0 Å². The molecule has 0 unspecified atom stereocenters. The minimum Gasteiger partial charge on any atom is -0.347 e. The van der Waals surface area contributed by atoms with Gasteiger partial charge in [-0.25, -0.2) is 4.98 Å². The molecule has 0 fully saturated rings. The van der Waals surface area contributed by atoms with Crippen molar-refractivity contribution in [3.63, 3.8) is 0 Å². The highest BCUT2D eigenvalue weighted by molar-refractivity contribution is 7.15. The monoisotopic (exact) mass is 265 g/mol. The molecule has 2 aromatic rings. The normalized spacial score (nSPS) is 11.7. The fourth-order valence-corrected chi connectivity index (χ4v) is 2.12. The van der Waals surface area contributed by atoms with Crippen LogP contribution in [0.3, 0.4) is 0 Å². The molecule has 6 heteroatoms. The van der Waals surface area contributed by atoms with Crippen molar-refractivity contribution in [2.75, 3.05) is 0 Å². The Morgan fingerprint density at radius 1 is 1.56 bits per heavy atom. The van der Waals surface area contributed by atoms with Crippen LogP contribution in [-0.4, -0.2) is 20.8 Å². The molecule has 2 rings (SSSR count). The van der Waals surface area contributed by atoms with Gasteiger partial charge in [0.2, 0.25) is 0 Å². The average molecular weight is 265 g/mol. The van der Waals surface area contributed by atoms with E-state index in [9.17, 15) is 9.59 Å². The van der Waals surface area contributed by atoms with Gasteiger partial charge >= 0.3 is 0 Å². The molecule has 0 radical (unpaired) electrons. The Balaban J connectivity index is 2.39. The summed E-state index contributed by atoms with van der Waals surface area (Å²) in [5.41, 5.74) is -0.587. The van der Waals surface area contributed by atoms with Crippen LogP contribution in [-0.2, 0) is 0 Å². The number of nitrogens with zero attached hydrogens (tertiary/aromatic N) is 2. The number of fused-ring (bicyclic) bond motifs is 1. The summed E-state index contributed by atoms with van der Waals surface area (Å²) in [5, 5.41) is 4.60. The molecular weight excluding hydrogens is 250 g/mol. The van der Waals surface area contributed by atoms with E-state index in [1.54, 1.807) is 11.6 Å². The first kappa shape index (κ1) is 12.8. The van der Waals surface area contributed by atoms with Gasteiger partial charge < -0.3 is 5.32 Å². The molecule has 0 saturated heterocycles. The maximum absolute atomic E-state index is 12.1. The second kappa shape index (κ2) is 4.53. The number of carbonyl (C=O) groups is 1. The van der Waals surface area contributed by atoms with Crippen molar-refractivity contribution in [2.45, 2.75) is 32.7 Å². The van der Waals surface area contributed by atoms with Crippen LogP contribution in [0.4, 0.5) is 0 Å². The van der Waals surface area contributed by atoms with Gasteiger partial charge in [-0.3, -0.25) is 14.0 Å². The lowest BCUT2D eigenvalue weighted by Gasteiger charge is -2.24. The van der Waals surface area contributed by atoms with Crippen LogP contribution in [0.25, 0.3) is 4.96 Å². The minimum absolute atomic E-state index is 0.0763. The number of rotatable bonds is 3. The lowest BCUT2D eigenvalue weighted by molar-refractivity contribution is 0.0909. The van der Waals surface area contributed by atoms with Crippen LogP contribution in [0.5, 0.6) is 0 Å². The lowest BCUT2D eigenvalue weighted by Crippen LogP contribution is -2.44. The molecule has 0 atom stereocenters. The highest BCUT2D eigenvalue weighted by Crippen LogP contribution is 2.09. The molecule has 0 spiro atoms. The third kappa shape index (κ3) is 2.28. The number of nitrogens with one attached hydrogen (secondary N) is 1. The molecule has 0 bridgehead atoms. The van der Waals surface area contributed by atoms with Gasteiger partial charge in [0.1, 0.15) is 5.56 Å². The number of amides is 1. The van der Waals surface area contributed by atoms with Crippen LogP contribution < -0.4 is 10.9 Å². The van der Waals surface area contributed by atoms with Gasteiger partial charge in [0, 0.05) is 23.3 Å². The highest BCUT2D eigenvalue weighted by Gasteiger charge is 2.21. The van der Waals surface area contributed by atoms with Gasteiger partial charge in [-0.05, 0) is 20.3 Å². The van der Waals surface area contributed by atoms with E-state index in [1.807, 2.05) is 20.8 Å². The SMILES string of the molecule is CCC(C)(C)NC(=O)c1cnc2sccn2c1=O. The van der Waals surface area contributed by atoms with Crippen LogP contribution >= 0.6 is 11.3 Å². The zero-order chi connectivity index (χ0) is 13.3. The van der Waals surface area contributed by atoms with Crippen LogP contribution in [0.1, 0.15) is 37.6 Å². The molecular formula is C12H15N3O2S. The summed E-state index contributed by atoms with van der Waals surface area (Å²) in [4.78, 5) is 28.8. The summed E-state index contributed by atoms with van der Waals surface area (Å²) in [6.07, 6.45) is 3.75. The fourth-order valence-electron chi connectivity index (χ4n) is 1.44. The van der Waals surface area contributed by atoms with Crippen molar-refractivity contribution < 1.29 is 4.79 Å². The fraction of sp³-hybridized carbons (Fsp3) is 0.417. The maximum atomic E-state index is 12.1. The van der Waals surface area contributed by atoms with Gasteiger partial charge in [0.15, 0.2) is 4.96 Å². The maximum Gasteiger partial charge on any atom is 0.271 e. The second-order valence-corrected chi connectivity index (χ2v) is 5.60. The number of hydrogen-bond acceptors (Lipinski definition) is 4. The van der Waals surface area contributed by atoms with E-state index in [0.29, 0.717) is 4.96 Å².